The number of rotatable bonds is 8. The van der Waals surface area contributed by atoms with Gasteiger partial charge in [0.15, 0.2) is 0 Å². The van der Waals surface area contributed by atoms with Crippen molar-refractivity contribution >= 4 is 0 Å². The summed E-state index contributed by atoms with van der Waals surface area (Å²) in [5, 5.41) is 3.51. The van der Waals surface area contributed by atoms with Gasteiger partial charge < -0.3 is 10.1 Å². The van der Waals surface area contributed by atoms with Gasteiger partial charge in [-0.25, -0.2) is 0 Å². The summed E-state index contributed by atoms with van der Waals surface area (Å²) in [6.07, 6.45) is 8.22. The van der Waals surface area contributed by atoms with Crippen molar-refractivity contribution in [3.05, 3.63) is 0 Å². The van der Waals surface area contributed by atoms with Gasteiger partial charge in [-0.05, 0) is 40.2 Å². The fourth-order valence-corrected chi connectivity index (χ4v) is 1.71. The van der Waals surface area contributed by atoms with Crippen molar-refractivity contribution in [3.8, 4) is 12.3 Å². The molecule has 1 N–H and O–H groups in total. The van der Waals surface area contributed by atoms with Gasteiger partial charge in [0.1, 0.15) is 0 Å². The Morgan fingerprint density at radius 1 is 1.40 bits per heavy atom. The first-order chi connectivity index (χ1) is 7.08. The van der Waals surface area contributed by atoms with Crippen LogP contribution in [0.3, 0.4) is 0 Å². The van der Waals surface area contributed by atoms with Gasteiger partial charge in [-0.1, -0.05) is 6.92 Å². The van der Waals surface area contributed by atoms with E-state index < -0.39 is 0 Å². The molecule has 0 rings (SSSR count). The monoisotopic (exact) mass is 211 g/mol. The highest BCUT2D eigenvalue weighted by Crippen LogP contribution is 2.18. The smallest absolute Gasteiger partial charge is 0.0778 e. The van der Waals surface area contributed by atoms with Crippen LogP contribution >= 0.6 is 0 Å². The molecule has 1 atom stereocenters. The molecule has 2 heteroatoms. The van der Waals surface area contributed by atoms with Gasteiger partial charge in [0.05, 0.1) is 5.60 Å². The normalized spacial score (nSPS) is 13.5. The van der Waals surface area contributed by atoms with E-state index in [2.05, 4.69) is 32.0 Å². The van der Waals surface area contributed by atoms with E-state index in [9.17, 15) is 0 Å². The standard InChI is InChI=1S/C13H25NO/c1-6-9-10-12(14-11-7-2)13(4,5)15-8-3/h1,12,14H,7-11H2,2-5H3. The van der Waals surface area contributed by atoms with E-state index >= 15 is 0 Å². The summed E-state index contributed by atoms with van der Waals surface area (Å²) < 4.78 is 5.75. The molecule has 0 fully saturated rings. The third-order valence-electron chi connectivity index (χ3n) is 2.57. The van der Waals surface area contributed by atoms with Crippen molar-refractivity contribution in [2.45, 2.75) is 58.6 Å². The molecule has 0 aliphatic carbocycles. The lowest BCUT2D eigenvalue weighted by atomic mass is 9.94. The van der Waals surface area contributed by atoms with Crippen molar-refractivity contribution in [1.82, 2.24) is 5.32 Å². The van der Waals surface area contributed by atoms with Crippen LogP contribution in [-0.4, -0.2) is 24.8 Å². The molecule has 0 amide bonds. The molecule has 2 nitrogen and oxygen atoms in total. The van der Waals surface area contributed by atoms with E-state index in [0.717, 1.165) is 32.4 Å². The first-order valence-electron chi connectivity index (χ1n) is 5.89. The second-order valence-corrected chi connectivity index (χ2v) is 4.29. The largest absolute Gasteiger partial charge is 0.374 e. The minimum absolute atomic E-state index is 0.138. The van der Waals surface area contributed by atoms with Gasteiger partial charge in [0.2, 0.25) is 0 Å². The molecule has 0 aliphatic rings. The predicted molar refractivity (Wildman–Crippen MR) is 65.9 cm³/mol. The summed E-state index contributed by atoms with van der Waals surface area (Å²) in [5.41, 5.74) is -0.138. The number of nitrogens with one attached hydrogen (secondary N) is 1. The third kappa shape index (κ3) is 5.81. The summed E-state index contributed by atoms with van der Waals surface area (Å²) >= 11 is 0. The number of hydrogen-bond donors (Lipinski definition) is 1. The maximum absolute atomic E-state index is 5.75. The van der Waals surface area contributed by atoms with Crippen LogP contribution in [-0.2, 0) is 4.74 Å². The Morgan fingerprint density at radius 2 is 2.07 bits per heavy atom. The molecule has 0 aromatic rings. The fourth-order valence-electron chi connectivity index (χ4n) is 1.71. The fraction of sp³-hybridized carbons (Fsp3) is 0.846. The lowest BCUT2D eigenvalue weighted by Gasteiger charge is -2.34. The van der Waals surface area contributed by atoms with Gasteiger partial charge in [-0.3, -0.25) is 0 Å². The Labute approximate surface area is 94.8 Å². The Balaban J connectivity index is 4.25. The molecule has 0 aromatic carbocycles. The highest BCUT2D eigenvalue weighted by atomic mass is 16.5. The first-order valence-corrected chi connectivity index (χ1v) is 5.89. The van der Waals surface area contributed by atoms with Gasteiger partial charge >= 0.3 is 0 Å². The quantitative estimate of drug-likeness (QED) is 0.623. The van der Waals surface area contributed by atoms with Crippen LogP contribution in [0.4, 0.5) is 0 Å². The molecule has 0 aliphatic heterocycles. The molecule has 0 heterocycles. The van der Waals surface area contributed by atoms with Crippen LogP contribution in [0, 0.1) is 12.3 Å². The molecule has 1 unspecified atom stereocenters. The molecular formula is C13H25NO. The van der Waals surface area contributed by atoms with Crippen LogP contribution in [0.1, 0.15) is 47.0 Å². The summed E-state index contributed by atoms with van der Waals surface area (Å²) in [6, 6.07) is 0.341. The maximum atomic E-state index is 5.75. The molecule has 88 valence electrons. The van der Waals surface area contributed by atoms with Gasteiger partial charge in [0.25, 0.3) is 0 Å². The van der Waals surface area contributed by atoms with Gasteiger partial charge in [-0.15, -0.1) is 12.3 Å². The van der Waals surface area contributed by atoms with Crippen molar-refractivity contribution in [2.24, 2.45) is 0 Å². The maximum Gasteiger partial charge on any atom is 0.0778 e. The average Bonchev–Trinajstić information content (AvgIpc) is 2.17. The molecule has 15 heavy (non-hydrogen) atoms. The van der Waals surface area contributed by atoms with Crippen LogP contribution in [0.5, 0.6) is 0 Å². The highest BCUT2D eigenvalue weighted by Gasteiger charge is 2.28. The van der Waals surface area contributed by atoms with Gasteiger partial charge in [-0.2, -0.15) is 0 Å². The summed E-state index contributed by atoms with van der Waals surface area (Å²) in [6.45, 7) is 10.2. The average molecular weight is 211 g/mol. The molecule has 0 saturated carbocycles. The third-order valence-corrected chi connectivity index (χ3v) is 2.57. The molecule has 0 radical (unpaired) electrons. The van der Waals surface area contributed by atoms with Crippen molar-refractivity contribution in [2.75, 3.05) is 13.2 Å². The van der Waals surface area contributed by atoms with E-state index in [0.29, 0.717) is 6.04 Å². The molecule has 0 saturated heterocycles. The zero-order chi connectivity index (χ0) is 11.7. The van der Waals surface area contributed by atoms with E-state index in [4.69, 9.17) is 11.2 Å². The number of hydrogen-bond acceptors (Lipinski definition) is 2. The number of terminal acetylenes is 1. The molecule has 0 bridgehead atoms. The topological polar surface area (TPSA) is 21.3 Å². The lowest BCUT2D eigenvalue weighted by Crippen LogP contribution is -2.48. The zero-order valence-electron chi connectivity index (χ0n) is 10.6. The van der Waals surface area contributed by atoms with Crippen molar-refractivity contribution in [1.29, 1.82) is 0 Å². The van der Waals surface area contributed by atoms with E-state index in [-0.39, 0.29) is 5.60 Å². The predicted octanol–water partition coefficient (Wildman–Crippen LogP) is 2.58. The Hall–Kier alpha value is -0.520. The Kier molecular flexibility index (Phi) is 7.46. The van der Waals surface area contributed by atoms with Crippen LogP contribution in [0.2, 0.25) is 0 Å². The highest BCUT2D eigenvalue weighted by molar-refractivity contribution is 4.91. The van der Waals surface area contributed by atoms with Crippen LogP contribution in [0.25, 0.3) is 0 Å². The second-order valence-electron chi connectivity index (χ2n) is 4.29. The molecule has 0 aromatic heterocycles. The van der Waals surface area contributed by atoms with Gasteiger partial charge in [0, 0.05) is 19.1 Å². The minimum Gasteiger partial charge on any atom is -0.374 e. The molecular weight excluding hydrogens is 186 g/mol. The second kappa shape index (κ2) is 7.73. The first kappa shape index (κ1) is 14.5. The summed E-state index contributed by atoms with van der Waals surface area (Å²) in [5.74, 6) is 2.69. The van der Waals surface area contributed by atoms with E-state index in [1.807, 2.05) is 6.92 Å². The summed E-state index contributed by atoms with van der Waals surface area (Å²) in [7, 11) is 0. The zero-order valence-corrected chi connectivity index (χ0v) is 10.6. The summed E-state index contributed by atoms with van der Waals surface area (Å²) in [4.78, 5) is 0. The SMILES string of the molecule is C#CCCC(NCCC)C(C)(C)OCC. The Bertz CT molecular complexity index is 193. The minimum atomic E-state index is -0.138. The van der Waals surface area contributed by atoms with E-state index in [1.54, 1.807) is 0 Å². The van der Waals surface area contributed by atoms with E-state index in [1.165, 1.54) is 0 Å². The van der Waals surface area contributed by atoms with Crippen LogP contribution < -0.4 is 5.32 Å². The van der Waals surface area contributed by atoms with Crippen molar-refractivity contribution < 1.29 is 4.74 Å². The van der Waals surface area contributed by atoms with Crippen LogP contribution in [0.15, 0.2) is 0 Å². The molecule has 0 spiro atoms. The van der Waals surface area contributed by atoms with Crippen molar-refractivity contribution in [3.63, 3.8) is 0 Å². The lowest BCUT2D eigenvalue weighted by molar-refractivity contribution is -0.0396. The number of ether oxygens (including phenoxy) is 1. The Morgan fingerprint density at radius 3 is 2.53 bits per heavy atom.